The molecule has 3 unspecified atom stereocenters. The van der Waals surface area contributed by atoms with Crippen LogP contribution in [0.1, 0.15) is 20.3 Å². The van der Waals surface area contributed by atoms with Gasteiger partial charge in [-0.2, -0.15) is 0 Å². The van der Waals surface area contributed by atoms with Crippen LogP contribution in [0.3, 0.4) is 0 Å². The van der Waals surface area contributed by atoms with Gasteiger partial charge in [-0.15, -0.1) is 0 Å². The van der Waals surface area contributed by atoms with Gasteiger partial charge < -0.3 is 15.5 Å². The first kappa shape index (κ1) is 13.6. The van der Waals surface area contributed by atoms with Crippen molar-refractivity contribution in [2.45, 2.75) is 38.4 Å². The molecular weight excluding hydrogens is 226 g/mol. The van der Waals surface area contributed by atoms with E-state index >= 15 is 0 Å². The SMILES string of the molecule is CC(O)NC1=CCC(NC(C)O)([N+](=O)[O-])C=C1. The van der Waals surface area contributed by atoms with E-state index in [0.717, 1.165) is 0 Å². The smallest absolute Gasteiger partial charge is 0.299 e. The van der Waals surface area contributed by atoms with E-state index in [2.05, 4.69) is 10.6 Å². The molecule has 1 rings (SSSR count). The van der Waals surface area contributed by atoms with Crippen LogP contribution in [0.4, 0.5) is 0 Å². The van der Waals surface area contributed by atoms with Crippen molar-refractivity contribution in [1.82, 2.24) is 10.6 Å². The zero-order valence-electron chi connectivity index (χ0n) is 9.75. The summed E-state index contributed by atoms with van der Waals surface area (Å²) in [5.74, 6) is 0. The van der Waals surface area contributed by atoms with E-state index in [4.69, 9.17) is 5.11 Å². The molecule has 0 radical (unpaired) electrons. The van der Waals surface area contributed by atoms with E-state index in [0.29, 0.717) is 5.70 Å². The molecule has 0 saturated carbocycles. The van der Waals surface area contributed by atoms with Crippen LogP contribution in [0, 0.1) is 10.1 Å². The molecule has 0 aromatic heterocycles. The first-order valence-corrected chi connectivity index (χ1v) is 5.30. The lowest BCUT2D eigenvalue weighted by Crippen LogP contribution is -2.54. The lowest BCUT2D eigenvalue weighted by molar-refractivity contribution is -0.565. The Morgan fingerprint density at radius 3 is 2.47 bits per heavy atom. The van der Waals surface area contributed by atoms with Crippen molar-refractivity contribution in [1.29, 1.82) is 0 Å². The molecule has 0 heterocycles. The van der Waals surface area contributed by atoms with Crippen molar-refractivity contribution in [2.24, 2.45) is 0 Å². The minimum atomic E-state index is -1.49. The second kappa shape index (κ2) is 5.26. The summed E-state index contributed by atoms with van der Waals surface area (Å²) in [4.78, 5) is 10.5. The minimum absolute atomic E-state index is 0.0937. The van der Waals surface area contributed by atoms with Crippen LogP contribution in [0.15, 0.2) is 23.9 Å². The number of aliphatic hydroxyl groups is 2. The maximum absolute atomic E-state index is 11.0. The third-order valence-corrected chi connectivity index (χ3v) is 2.33. The van der Waals surface area contributed by atoms with Gasteiger partial charge >= 0.3 is 0 Å². The highest BCUT2D eigenvalue weighted by Gasteiger charge is 2.41. The Bertz CT molecular complexity index is 351. The van der Waals surface area contributed by atoms with Crippen LogP contribution in [0.5, 0.6) is 0 Å². The van der Waals surface area contributed by atoms with Gasteiger partial charge in [0.1, 0.15) is 12.5 Å². The van der Waals surface area contributed by atoms with E-state index in [1.807, 2.05) is 0 Å². The van der Waals surface area contributed by atoms with Crippen molar-refractivity contribution >= 4 is 0 Å². The fourth-order valence-electron chi connectivity index (χ4n) is 1.63. The number of rotatable bonds is 5. The first-order valence-electron chi connectivity index (χ1n) is 5.30. The third kappa shape index (κ3) is 3.52. The predicted octanol–water partition coefficient (Wildman–Crippen LogP) is -0.341. The van der Waals surface area contributed by atoms with Crippen LogP contribution in [-0.4, -0.2) is 33.3 Å². The lowest BCUT2D eigenvalue weighted by Gasteiger charge is -2.27. The highest BCUT2D eigenvalue weighted by molar-refractivity contribution is 5.26. The molecule has 4 N–H and O–H groups in total. The molecule has 0 aliphatic heterocycles. The number of nitrogens with one attached hydrogen (secondary N) is 2. The first-order chi connectivity index (χ1) is 7.85. The van der Waals surface area contributed by atoms with E-state index in [-0.39, 0.29) is 6.42 Å². The van der Waals surface area contributed by atoms with Gasteiger partial charge in [0, 0.05) is 16.7 Å². The van der Waals surface area contributed by atoms with Crippen molar-refractivity contribution in [2.75, 3.05) is 0 Å². The predicted molar refractivity (Wildman–Crippen MR) is 61.2 cm³/mol. The second-order valence-electron chi connectivity index (χ2n) is 4.02. The number of allylic oxidation sites excluding steroid dienone is 1. The number of hydrogen-bond acceptors (Lipinski definition) is 6. The molecule has 0 saturated heterocycles. The van der Waals surface area contributed by atoms with E-state index in [1.54, 1.807) is 13.0 Å². The van der Waals surface area contributed by atoms with Gasteiger partial charge in [0.25, 0.3) is 5.66 Å². The molecule has 3 atom stereocenters. The number of nitrogens with zero attached hydrogens (tertiary/aromatic N) is 1. The molecule has 1 aliphatic rings. The highest BCUT2D eigenvalue weighted by atomic mass is 16.6. The summed E-state index contributed by atoms with van der Waals surface area (Å²) in [6.07, 6.45) is 2.86. The molecule has 0 spiro atoms. The van der Waals surface area contributed by atoms with Crippen LogP contribution in [0.25, 0.3) is 0 Å². The van der Waals surface area contributed by atoms with Gasteiger partial charge in [-0.1, -0.05) is 6.08 Å². The molecular formula is C10H17N3O4. The summed E-state index contributed by atoms with van der Waals surface area (Å²) in [7, 11) is 0. The fourth-order valence-corrected chi connectivity index (χ4v) is 1.63. The molecule has 7 heteroatoms. The Balaban J connectivity index is 2.78. The molecule has 0 aromatic carbocycles. The maximum atomic E-state index is 11.0. The minimum Gasteiger partial charge on any atom is -0.379 e. The monoisotopic (exact) mass is 243 g/mol. The average Bonchev–Trinajstić information content (AvgIpc) is 2.19. The Morgan fingerprint density at radius 2 is 2.12 bits per heavy atom. The third-order valence-electron chi connectivity index (χ3n) is 2.33. The normalized spacial score (nSPS) is 27.2. The van der Waals surface area contributed by atoms with Gasteiger partial charge in [-0.25, -0.2) is 5.32 Å². The van der Waals surface area contributed by atoms with Crippen LogP contribution < -0.4 is 10.6 Å². The Hall–Kier alpha value is -1.44. The lowest BCUT2D eigenvalue weighted by atomic mass is 9.99. The van der Waals surface area contributed by atoms with Crippen molar-refractivity contribution in [3.05, 3.63) is 34.0 Å². The summed E-state index contributed by atoms with van der Waals surface area (Å²) in [5, 5.41) is 34.6. The molecule has 0 bridgehead atoms. The largest absolute Gasteiger partial charge is 0.379 e. The average molecular weight is 243 g/mol. The molecule has 0 fully saturated rings. The van der Waals surface area contributed by atoms with Gasteiger partial charge in [0.05, 0.1) is 6.42 Å². The summed E-state index contributed by atoms with van der Waals surface area (Å²) in [6, 6.07) is 0. The topological polar surface area (TPSA) is 108 Å². The Morgan fingerprint density at radius 1 is 1.47 bits per heavy atom. The maximum Gasteiger partial charge on any atom is 0.299 e. The summed E-state index contributed by atoms with van der Waals surface area (Å²) < 4.78 is 0. The fraction of sp³-hybridized carbons (Fsp3) is 0.600. The number of nitro groups is 1. The summed E-state index contributed by atoms with van der Waals surface area (Å²) >= 11 is 0. The van der Waals surface area contributed by atoms with Crippen LogP contribution >= 0.6 is 0 Å². The van der Waals surface area contributed by atoms with Crippen molar-refractivity contribution in [3.8, 4) is 0 Å². The zero-order chi connectivity index (χ0) is 13.1. The van der Waals surface area contributed by atoms with E-state index < -0.39 is 23.0 Å². The molecule has 0 amide bonds. The number of aliphatic hydroxyl groups excluding tert-OH is 2. The Labute approximate surface area is 99.0 Å². The van der Waals surface area contributed by atoms with Crippen LogP contribution in [-0.2, 0) is 0 Å². The molecule has 17 heavy (non-hydrogen) atoms. The van der Waals surface area contributed by atoms with Crippen LogP contribution in [0.2, 0.25) is 0 Å². The van der Waals surface area contributed by atoms with Gasteiger partial charge in [-0.3, -0.25) is 10.1 Å². The number of hydrogen-bond donors (Lipinski definition) is 4. The summed E-state index contributed by atoms with van der Waals surface area (Å²) in [5.41, 5.74) is -0.872. The van der Waals surface area contributed by atoms with E-state index in [9.17, 15) is 15.2 Å². The molecule has 7 nitrogen and oxygen atoms in total. The van der Waals surface area contributed by atoms with Gasteiger partial charge in [0.2, 0.25) is 0 Å². The quantitative estimate of drug-likeness (QED) is 0.299. The molecule has 96 valence electrons. The Kier molecular flexibility index (Phi) is 4.22. The molecule has 0 aromatic rings. The zero-order valence-corrected chi connectivity index (χ0v) is 9.75. The second-order valence-corrected chi connectivity index (χ2v) is 4.02. The van der Waals surface area contributed by atoms with Gasteiger partial charge in [0.15, 0.2) is 0 Å². The summed E-state index contributed by atoms with van der Waals surface area (Å²) in [6.45, 7) is 2.98. The van der Waals surface area contributed by atoms with Crippen molar-refractivity contribution in [3.63, 3.8) is 0 Å². The van der Waals surface area contributed by atoms with E-state index in [1.165, 1.54) is 19.1 Å². The van der Waals surface area contributed by atoms with Gasteiger partial charge in [-0.05, 0) is 19.9 Å². The highest BCUT2D eigenvalue weighted by Crippen LogP contribution is 2.21. The molecule has 1 aliphatic carbocycles. The standard InChI is InChI=1S/C10H17N3O4/c1-7(14)11-9-3-5-10(6-4-9,13(16)17)12-8(2)15/h3-5,7-8,11-12,14-15H,6H2,1-2H3. The van der Waals surface area contributed by atoms with Crippen molar-refractivity contribution < 1.29 is 15.1 Å².